The molecule has 0 amide bonds. The molecular formula is C18H17FN6OS2. The molecule has 0 radical (unpaired) electrons. The van der Waals surface area contributed by atoms with E-state index in [4.69, 9.17) is 0 Å². The third kappa shape index (κ3) is 3.98. The average Bonchev–Trinajstić information content (AvgIpc) is 3.37. The van der Waals surface area contributed by atoms with E-state index in [9.17, 15) is 9.50 Å². The van der Waals surface area contributed by atoms with Gasteiger partial charge in [-0.15, -0.1) is 21.5 Å². The van der Waals surface area contributed by atoms with Crippen LogP contribution in [0.25, 0.3) is 0 Å². The maximum Gasteiger partial charge on any atom is 0.213 e. The van der Waals surface area contributed by atoms with Crippen molar-refractivity contribution < 1.29 is 9.50 Å². The van der Waals surface area contributed by atoms with Crippen LogP contribution in [-0.4, -0.2) is 35.1 Å². The average molecular weight is 417 g/mol. The first-order valence-electron chi connectivity index (χ1n) is 8.52. The second-order valence-corrected chi connectivity index (χ2v) is 8.42. The number of aliphatic hydroxyl groups is 1. The molecule has 0 aliphatic heterocycles. The largest absolute Gasteiger partial charge is 0.376 e. The van der Waals surface area contributed by atoms with E-state index < -0.39 is 11.5 Å². The Balaban J connectivity index is 1.46. The van der Waals surface area contributed by atoms with Crippen LogP contribution in [0.2, 0.25) is 0 Å². The van der Waals surface area contributed by atoms with Crippen LogP contribution in [0.3, 0.4) is 0 Å². The summed E-state index contributed by atoms with van der Waals surface area (Å²) < 4.78 is 14.9. The molecule has 144 valence electrons. The van der Waals surface area contributed by atoms with Gasteiger partial charge in [-0.2, -0.15) is 9.49 Å². The molecule has 0 fully saturated rings. The lowest BCUT2D eigenvalue weighted by Gasteiger charge is -2.16. The standard InChI is InChI=1S/C18H17FN6OS2/c1-11-10-27-16(20-11)18(2,26)17-23-22-15(28-17)8-12-6-7-25(24-12)9-13-4-3-5-14(19)21-13/h3-7,10,26H,8-9H2,1-2H3. The molecule has 0 aliphatic carbocycles. The lowest BCUT2D eigenvalue weighted by Crippen LogP contribution is -2.22. The Kier molecular flexibility index (Phi) is 5.00. The first kappa shape index (κ1) is 18.8. The van der Waals surface area contributed by atoms with E-state index in [1.165, 1.54) is 28.7 Å². The normalized spacial score (nSPS) is 13.6. The zero-order valence-electron chi connectivity index (χ0n) is 15.2. The van der Waals surface area contributed by atoms with Crippen molar-refractivity contribution in [2.24, 2.45) is 0 Å². The lowest BCUT2D eigenvalue weighted by molar-refractivity contribution is 0.101. The SMILES string of the molecule is Cc1csc(C(C)(O)c2nnc(Cc3ccn(Cc4cccc(F)n4)n3)s2)n1. The van der Waals surface area contributed by atoms with E-state index in [2.05, 4.69) is 25.3 Å². The first-order chi connectivity index (χ1) is 13.4. The van der Waals surface area contributed by atoms with E-state index in [0.29, 0.717) is 28.7 Å². The summed E-state index contributed by atoms with van der Waals surface area (Å²) >= 11 is 2.74. The van der Waals surface area contributed by atoms with Gasteiger partial charge in [0.15, 0.2) is 10.6 Å². The molecule has 7 nitrogen and oxygen atoms in total. The van der Waals surface area contributed by atoms with Gasteiger partial charge in [-0.1, -0.05) is 17.4 Å². The van der Waals surface area contributed by atoms with Gasteiger partial charge in [0, 0.05) is 23.7 Å². The summed E-state index contributed by atoms with van der Waals surface area (Å²) in [4.78, 5) is 8.20. The van der Waals surface area contributed by atoms with Gasteiger partial charge in [-0.3, -0.25) is 4.68 Å². The number of pyridine rings is 1. The Labute approximate surface area is 168 Å². The molecule has 4 heterocycles. The molecule has 0 aliphatic rings. The van der Waals surface area contributed by atoms with Crippen LogP contribution < -0.4 is 0 Å². The highest BCUT2D eigenvalue weighted by atomic mass is 32.1. The molecule has 0 saturated carbocycles. The minimum atomic E-state index is -1.27. The molecule has 0 bridgehead atoms. The lowest BCUT2D eigenvalue weighted by atomic mass is 10.1. The van der Waals surface area contributed by atoms with E-state index in [1.807, 2.05) is 24.6 Å². The second kappa shape index (κ2) is 7.46. The number of hydrogen-bond donors (Lipinski definition) is 1. The van der Waals surface area contributed by atoms with Gasteiger partial charge in [-0.05, 0) is 32.0 Å². The molecule has 4 aromatic heterocycles. The second-order valence-electron chi connectivity index (χ2n) is 6.50. The highest BCUT2D eigenvalue weighted by molar-refractivity contribution is 7.12. The smallest absolute Gasteiger partial charge is 0.213 e. The molecule has 0 saturated heterocycles. The number of aromatic nitrogens is 6. The van der Waals surface area contributed by atoms with Gasteiger partial charge in [-0.25, -0.2) is 9.97 Å². The van der Waals surface area contributed by atoms with Crippen molar-refractivity contribution >= 4 is 22.7 Å². The molecule has 0 spiro atoms. The fourth-order valence-electron chi connectivity index (χ4n) is 2.64. The number of nitrogens with zero attached hydrogens (tertiary/aromatic N) is 6. The zero-order chi connectivity index (χ0) is 19.7. The minimum absolute atomic E-state index is 0.386. The number of halogens is 1. The molecule has 0 aromatic carbocycles. The summed E-state index contributed by atoms with van der Waals surface area (Å²) in [5, 5.41) is 27.4. The molecule has 4 rings (SSSR count). The molecule has 28 heavy (non-hydrogen) atoms. The molecule has 1 atom stereocenters. The maximum atomic E-state index is 13.2. The summed E-state index contributed by atoms with van der Waals surface area (Å²) in [7, 11) is 0. The number of hydrogen-bond acceptors (Lipinski definition) is 8. The van der Waals surface area contributed by atoms with Crippen molar-refractivity contribution in [2.45, 2.75) is 32.4 Å². The molecule has 10 heteroatoms. The minimum Gasteiger partial charge on any atom is -0.376 e. The quantitative estimate of drug-likeness (QED) is 0.486. The van der Waals surface area contributed by atoms with Crippen LogP contribution in [0.15, 0.2) is 35.8 Å². The number of aryl methyl sites for hydroxylation is 1. The van der Waals surface area contributed by atoms with Crippen LogP contribution in [-0.2, 0) is 18.6 Å². The molecule has 1 unspecified atom stereocenters. The van der Waals surface area contributed by atoms with Crippen molar-refractivity contribution in [2.75, 3.05) is 0 Å². The Hall–Kier alpha value is -2.56. The summed E-state index contributed by atoms with van der Waals surface area (Å²) in [5.41, 5.74) is 1.01. The van der Waals surface area contributed by atoms with Crippen molar-refractivity contribution in [3.8, 4) is 0 Å². The van der Waals surface area contributed by atoms with Gasteiger partial charge in [0.25, 0.3) is 0 Å². The van der Waals surface area contributed by atoms with Crippen LogP contribution >= 0.6 is 22.7 Å². The third-order valence-electron chi connectivity index (χ3n) is 4.04. The Morgan fingerprint density at radius 2 is 2.00 bits per heavy atom. The highest BCUT2D eigenvalue weighted by Gasteiger charge is 2.33. The number of thiazole rings is 1. The molecule has 4 aromatic rings. The summed E-state index contributed by atoms with van der Waals surface area (Å²) in [5.74, 6) is -0.506. The van der Waals surface area contributed by atoms with Crippen molar-refractivity contribution in [1.29, 1.82) is 0 Å². The van der Waals surface area contributed by atoms with E-state index >= 15 is 0 Å². The third-order valence-corrected chi connectivity index (χ3v) is 6.35. The Morgan fingerprint density at radius 3 is 2.75 bits per heavy atom. The van der Waals surface area contributed by atoms with Crippen LogP contribution in [0.4, 0.5) is 4.39 Å². The van der Waals surface area contributed by atoms with Crippen LogP contribution in [0, 0.1) is 12.9 Å². The molecular weight excluding hydrogens is 399 g/mol. The van der Waals surface area contributed by atoms with Gasteiger partial charge >= 0.3 is 0 Å². The fraction of sp³-hybridized carbons (Fsp3) is 0.278. The summed E-state index contributed by atoms with van der Waals surface area (Å²) in [6.45, 7) is 3.95. The Morgan fingerprint density at radius 1 is 1.14 bits per heavy atom. The van der Waals surface area contributed by atoms with E-state index in [0.717, 1.165) is 16.4 Å². The summed E-state index contributed by atoms with van der Waals surface area (Å²) in [6, 6.07) is 6.57. The predicted molar refractivity (Wildman–Crippen MR) is 104 cm³/mol. The van der Waals surface area contributed by atoms with E-state index in [-0.39, 0.29) is 0 Å². The zero-order valence-corrected chi connectivity index (χ0v) is 16.8. The van der Waals surface area contributed by atoms with Gasteiger partial charge < -0.3 is 5.11 Å². The monoisotopic (exact) mass is 416 g/mol. The van der Waals surface area contributed by atoms with Gasteiger partial charge in [0.1, 0.15) is 10.0 Å². The maximum absolute atomic E-state index is 13.2. The topological polar surface area (TPSA) is 89.6 Å². The number of rotatable bonds is 6. The predicted octanol–water partition coefficient (Wildman–Crippen LogP) is 2.93. The van der Waals surface area contributed by atoms with Crippen molar-refractivity contribution in [3.63, 3.8) is 0 Å². The van der Waals surface area contributed by atoms with Crippen molar-refractivity contribution in [3.05, 3.63) is 73.9 Å². The fourth-order valence-corrected chi connectivity index (χ4v) is 4.46. The Bertz CT molecular complexity index is 1100. The van der Waals surface area contributed by atoms with Gasteiger partial charge in [0.2, 0.25) is 5.95 Å². The van der Waals surface area contributed by atoms with Crippen LogP contribution in [0.5, 0.6) is 0 Å². The van der Waals surface area contributed by atoms with Gasteiger partial charge in [0.05, 0.1) is 17.9 Å². The highest BCUT2D eigenvalue weighted by Crippen LogP contribution is 2.33. The van der Waals surface area contributed by atoms with E-state index in [1.54, 1.807) is 23.7 Å². The van der Waals surface area contributed by atoms with Crippen molar-refractivity contribution in [1.82, 2.24) is 29.9 Å². The summed E-state index contributed by atoms with van der Waals surface area (Å²) in [6.07, 6.45) is 2.31. The first-order valence-corrected chi connectivity index (χ1v) is 10.2. The molecule has 1 N–H and O–H groups in total. The van der Waals surface area contributed by atoms with Crippen LogP contribution in [0.1, 0.15) is 39.0 Å².